The number of esters is 1. The van der Waals surface area contributed by atoms with Crippen molar-refractivity contribution in [2.75, 3.05) is 12.4 Å². The van der Waals surface area contributed by atoms with E-state index in [0.717, 1.165) is 4.88 Å². The van der Waals surface area contributed by atoms with E-state index in [2.05, 4.69) is 15.4 Å². The second-order valence-electron chi connectivity index (χ2n) is 5.37. The summed E-state index contributed by atoms with van der Waals surface area (Å²) >= 11 is 1.41. The number of urea groups is 1. The fraction of sp³-hybridized carbons (Fsp3) is 0.250. The highest BCUT2D eigenvalue weighted by Gasteiger charge is 2.30. The molecule has 0 aliphatic heterocycles. The molecule has 2 aromatic rings. The first-order chi connectivity index (χ1) is 10.8. The van der Waals surface area contributed by atoms with Crippen LogP contribution in [0.5, 0.6) is 0 Å². The number of carbonyl (C=O) groups excluding carboxylic acids is 2. The Morgan fingerprint density at radius 3 is 2.61 bits per heavy atom. The zero-order chi connectivity index (χ0) is 17.0. The summed E-state index contributed by atoms with van der Waals surface area (Å²) in [5.41, 5.74) is -0.340. The Balaban J connectivity index is 2.13. The highest BCUT2D eigenvalue weighted by atomic mass is 32.1. The fourth-order valence-corrected chi connectivity index (χ4v) is 2.72. The summed E-state index contributed by atoms with van der Waals surface area (Å²) in [6, 6.07) is 7.33. The number of rotatable bonds is 4. The molecule has 23 heavy (non-hydrogen) atoms. The standard InChI is InChI=1S/C16H17FN2O3S/c1-16(2,14(20)22-3)19-15(21)18-10-6-7-12(17)11(9-10)13-5-4-8-23-13/h4-9H,1-3H3,(H2,18,19,21). The molecule has 5 nitrogen and oxygen atoms in total. The van der Waals surface area contributed by atoms with Crippen LogP contribution in [-0.2, 0) is 9.53 Å². The molecule has 0 saturated carbocycles. The van der Waals surface area contributed by atoms with Crippen LogP contribution >= 0.6 is 11.3 Å². The van der Waals surface area contributed by atoms with Crippen molar-refractivity contribution in [3.63, 3.8) is 0 Å². The van der Waals surface area contributed by atoms with Crippen LogP contribution in [0.25, 0.3) is 10.4 Å². The van der Waals surface area contributed by atoms with Crippen LogP contribution in [0, 0.1) is 5.82 Å². The first kappa shape index (κ1) is 17.0. The molecule has 0 atom stereocenters. The molecule has 0 aliphatic rings. The van der Waals surface area contributed by atoms with E-state index in [4.69, 9.17) is 0 Å². The Kier molecular flexibility index (Phi) is 5.00. The number of thiophene rings is 1. The molecule has 2 amide bonds. The van der Waals surface area contributed by atoms with Crippen LogP contribution in [0.1, 0.15) is 13.8 Å². The lowest BCUT2D eigenvalue weighted by atomic mass is 10.1. The van der Waals surface area contributed by atoms with Crippen molar-refractivity contribution < 1.29 is 18.7 Å². The summed E-state index contributed by atoms with van der Waals surface area (Å²) in [7, 11) is 1.25. The van der Waals surface area contributed by atoms with E-state index in [9.17, 15) is 14.0 Å². The van der Waals surface area contributed by atoms with Gasteiger partial charge in [0.25, 0.3) is 0 Å². The van der Waals surface area contributed by atoms with Gasteiger partial charge in [0.1, 0.15) is 11.4 Å². The lowest BCUT2D eigenvalue weighted by molar-refractivity contribution is -0.146. The van der Waals surface area contributed by atoms with Crippen LogP contribution in [0.15, 0.2) is 35.7 Å². The number of carbonyl (C=O) groups is 2. The summed E-state index contributed by atoms with van der Waals surface area (Å²) in [6.07, 6.45) is 0. The second kappa shape index (κ2) is 6.78. The molecule has 0 aliphatic carbocycles. The molecule has 1 aromatic carbocycles. The average molecular weight is 336 g/mol. The molecule has 0 unspecified atom stereocenters. The summed E-state index contributed by atoms with van der Waals surface area (Å²) in [5.74, 6) is -0.931. The Hall–Kier alpha value is -2.41. The summed E-state index contributed by atoms with van der Waals surface area (Å²) in [5, 5.41) is 6.94. The van der Waals surface area contributed by atoms with Gasteiger partial charge in [0, 0.05) is 16.1 Å². The van der Waals surface area contributed by atoms with Gasteiger partial charge < -0.3 is 15.4 Å². The van der Waals surface area contributed by atoms with Gasteiger partial charge in [-0.2, -0.15) is 0 Å². The summed E-state index contributed by atoms with van der Waals surface area (Å²) < 4.78 is 18.5. The minimum absolute atomic E-state index is 0.367. The van der Waals surface area contributed by atoms with Gasteiger partial charge in [-0.3, -0.25) is 0 Å². The number of hydrogen-bond acceptors (Lipinski definition) is 4. The van der Waals surface area contributed by atoms with Gasteiger partial charge in [0.15, 0.2) is 0 Å². The second-order valence-corrected chi connectivity index (χ2v) is 6.32. The molecule has 2 N–H and O–H groups in total. The third-order valence-electron chi connectivity index (χ3n) is 3.13. The normalized spacial score (nSPS) is 11.0. The quantitative estimate of drug-likeness (QED) is 0.838. The molecule has 7 heteroatoms. The van der Waals surface area contributed by atoms with E-state index in [-0.39, 0.29) is 5.82 Å². The summed E-state index contributed by atoms with van der Waals surface area (Å²) in [4.78, 5) is 24.3. The Labute approximate surface area is 137 Å². The number of methoxy groups -OCH3 is 1. The monoisotopic (exact) mass is 336 g/mol. The van der Waals surface area contributed by atoms with Crippen molar-refractivity contribution in [3.8, 4) is 10.4 Å². The van der Waals surface area contributed by atoms with E-state index >= 15 is 0 Å². The van der Waals surface area contributed by atoms with Crippen molar-refractivity contribution in [2.45, 2.75) is 19.4 Å². The molecule has 2 rings (SSSR count). The van der Waals surface area contributed by atoms with E-state index in [1.54, 1.807) is 12.1 Å². The SMILES string of the molecule is COC(=O)C(C)(C)NC(=O)Nc1ccc(F)c(-c2cccs2)c1. The number of amides is 2. The largest absolute Gasteiger partial charge is 0.467 e. The molecule has 0 bridgehead atoms. The van der Waals surface area contributed by atoms with Crippen molar-refractivity contribution in [3.05, 3.63) is 41.5 Å². The molecule has 0 fully saturated rings. The van der Waals surface area contributed by atoms with Gasteiger partial charge in [0.05, 0.1) is 7.11 Å². The summed E-state index contributed by atoms with van der Waals surface area (Å²) in [6.45, 7) is 3.06. The molecule has 1 aromatic heterocycles. The number of hydrogen-bond donors (Lipinski definition) is 2. The predicted octanol–water partition coefficient (Wildman–Crippen LogP) is 3.63. The smallest absolute Gasteiger partial charge is 0.331 e. The van der Waals surface area contributed by atoms with Gasteiger partial charge >= 0.3 is 12.0 Å². The number of anilines is 1. The molecule has 0 saturated heterocycles. The Bertz CT molecular complexity index is 714. The molecular weight excluding hydrogens is 319 g/mol. The minimum Gasteiger partial charge on any atom is -0.467 e. The third-order valence-corrected chi connectivity index (χ3v) is 4.04. The van der Waals surface area contributed by atoms with E-state index < -0.39 is 17.5 Å². The van der Waals surface area contributed by atoms with Crippen LogP contribution in [0.3, 0.4) is 0 Å². The molecule has 0 spiro atoms. The number of ether oxygens (including phenoxy) is 1. The maximum absolute atomic E-state index is 13.9. The predicted molar refractivity (Wildman–Crippen MR) is 88.0 cm³/mol. The van der Waals surface area contributed by atoms with Crippen LogP contribution in [-0.4, -0.2) is 24.6 Å². The average Bonchev–Trinajstić information content (AvgIpc) is 3.01. The number of halogens is 1. The van der Waals surface area contributed by atoms with Crippen LogP contribution in [0.2, 0.25) is 0 Å². The lowest BCUT2D eigenvalue weighted by Crippen LogP contribution is -2.51. The highest BCUT2D eigenvalue weighted by molar-refractivity contribution is 7.13. The number of benzene rings is 1. The van der Waals surface area contributed by atoms with Gasteiger partial charge in [-0.05, 0) is 43.5 Å². The van der Waals surface area contributed by atoms with Gasteiger partial charge in [-0.1, -0.05) is 6.07 Å². The first-order valence-electron chi connectivity index (χ1n) is 6.84. The lowest BCUT2D eigenvalue weighted by Gasteiger charge is -2.23. The zero-order valence-corrected chi connectivity index (χ0v) is 13.8. The molecular formula is C16H17FN2O3S. The Morgan fingerprint density at radius 2 is 2.00 bits per heavy atom. The molecule has 0 radical (unpaired) electrons. The number of nitrogens with one attached hydrogen (secondary N) is 2. The van der Waals surface area contributed by atoms with Crippen molar-refractivity contribution >= 4 is 29.0 Å². The Morgan fingerprint density at radius 1 is 1.26 bits per heavy atom. The van der Waals surface area contributed by atoms with E-state index in [1.165, 1.54) is 44.4 Å². The molecule has 122 valence electrons. The van der Waals surface area contributed by atoms with Crippen LogP contribution in [0.4, 0.5) is 14.9 Å². The first-order valence-corrected chi connectivity index (χ1v) is 7.72. The van der Waals surface area contributed by atoms with Crippen molar-refractivity contribution in [1.82, 2.24) is 5.32 Å². The molecule has 1 heterocycles. The van der Waals surface area contributed by atoms with Gasteiger partial charge in [-0.15, -0.1) is 11.3 Å². The maximum atomic E-state index is 13.9. The van der Waals surface area contributed by atoms with Crippen molar-refractivity contribution in [2.24, 2.45) is 0 Å². The topological polar surface area (TPSA) is 67.4 Å². The van der Waals surface area contributed by atoms with Crippen molar-refractivity contribution in [1.29, 1.82) is 0 Å². The van der Waals surface area contributed by atoms with Crippen LogP contribution < -0.4 is 10.6 Å². The zero-order valence-electron chi connectivity index (χ0n) is 13.0. The van der Waals surface area contributed by atoms with E-state index in [0.29, 0.717) is 11.3 Å². The minimum atomic E-state index is -1.17. The fourth-order valence-electron chi connectivity index (χ4n) is 1.98. The third kappa shape index (κ3) is 4.07. The van der Waals surface area contributed by atoms with Gasteiger partial charge in [-0.25, -0.2) is 14.0 Å². The maximum Gasteiger partial charge on any atom is 0.331 e. The van der Waals surface area contributed by atoms with E-state index in [1.807, 2.05) is 11.4 Å². The van der Waals surface area contributed by atoms with Gasteiger partial charge in [0.2, 0.25) is 0 Å². The highest BCUT2D eigenvalue weighted by Crippen LogP contribution is 2.29.